The Morgan fingerprint density at radius 1 is 0.800 bits per heavy atom. The van der Waals surface area contributed by atoms with Crippen LogP contribution < -0.4 is 15.3 Å². The maximum atomic E-state index is 5.61. The fraction of sp³-hybridized carbons (Fsp3) is 0.111. The van der Waals surface area contributed by atoms with E-state index < -0.39 is 7.92 Å². The van der Waals surface area contributed by atoms with E-state index in [0.717, 1.165) is 5.75 Å². The van der Waals surface area contributed by atoms with Crippen LogP contribution in [-0.2, 0) is 0 Å². The van der Waals surface area contributed by atoms with Crippen molar-refractivity contribution < 1.29 is 4.74 Å². The number of rotatable bonds is 3. The SMILES string of the molecule is COc1ccc2ccccc2c1[P@@](C)c1ccccc1. The first kappa shape index (κ1) is 13.1. The second-order valence-corrected chi connectivity index (χ2v) is 6.81. The summed E-state index contributed by atoms with van der Waals surface area (Å²) in [4.78, 5) is 0. The van der Waals surface area contributed by atoms with Crippen LogP contribution in [-0.4, -0.2) is 13.8 Å². The van der Waals surface area contributed by atoms with E-state index in [0.29, 0.717) is 0 Å². The lowest BCUT2D eigenvalue weighted by atomic mass is 10.1. The number of hydrogen-bond acceptors (Lipinski definition) is 1. The number of benzene rings is 3. The van der Waals surface area contributed by atoms with Crippen molar-refractivity contribution >= 4 is 29.3 Å². The number of fused-ring (bicyclic) bond motifs is 1. The Bertz CT molecular complexity index is 722. The van der Waals surface area contributed by atoms with Crippen LogP contribution >= 0.6 is 7.92 Å². The summed E-state index contributed by atoms with van der Waals surface area (Å²) in [6, 6.07) is 23.4. The molecule has 100 valence electrons. The molecule has 20 heavy (non-hydrogen) atoms. The summed E-state index contributed by atoms with van der Waals surface area (Å²) in [5.41, 5.74) is 0. The van der Waals surface area contributed by atoms with Crippen LogP contribution in [0.5, 0.6) is 5.75 Å². The van der Waals surface area contributed by atoms with Gasteiger partial charge in [-0.05, 0) is 36.7 Å². The van der Waals surface area contributed by atoms with Gasteiger partial charge in [-0.25, -0.2) is 0 Å². The zero-order valence-electron chi connectivity index (χ0n) is 11.7. The molecule has 0 aromatic heterocycles. The van der Waals surface area contributed by atoms with Gasteiger partial charge in [-0.1, -0.05) is 60.7 Å². The van der Waals surface area contributed by atoms with E-state index in [2.05, 4.69) is 73.4 Å². The molecule has 0 spiro atoms. The second-order valence-electron chi connectivity index (χ2n) is 4.73. The topological polar surface area (TPSA) is 9.23 Å². The molecule has 0 bridgehead atoms. The van der Waals surface area contributed by atoms with Gasteiger partial charge >= 0.3 is 0 Å². The molecule has 2 heteroatoms. The van der Waals surface area contributed by atoms with E-state index in [-0.39, 0.29) is 0 Å². The molecule has 3 aromatic rings. The zero-order valence-corrected chi connectivity index (χ0v) is 12.6. The Hall–Kier alpha value is -1.85. The van der Waals surface area contributed by atoms with Gasteiger partial charge in [0.1, 0.15) is 5.75 Å². The maximum Gasteiger partial charge on any atom is 0.127 e. The molecule has 3 rings (SSSR count). The maximum absolute atomic E-state index is 5.61. The van der Waals surface area contributed by atoms with Crippen molar-refractivity contribution in [3.8, 4) is 5.75 Å². The van der Waals surface area contributed by atoms with Gasteiger partial charge in [0.15, 0.2) is 0 Å². The third kappa shape index (κ3) is 2.30. The molecule has 3 aromatic carbocycles. The first-order valence-electron chi connectivity index (χ1n) is 6.66. The van der Waals surface area contributed by atoms with Crippen LogP contribution in [0, 0.1) is 0 Å². The standard InChI is InChI=1S/C18H17OP/c1-19-17-13-12-14-8-6-7-11-16(14)18(17)20(2)15-9-4-3-5-10-15/h3-13H,1-2H3/t20-/m0/s1. The summed E-state index contributed by atoms with van der Waals surface area (Å²) in [6.45, 7) is 2.30. The van der Waals surface area contributed by atoms with Gasteiger partial charge in [0.05, 0.1) is 7.11 Å². The molecule has 0 heterocycles. The lowest BCUT2D eigenvalue weighted by Gasteiger charge is -2.19. The third-order valence-corrected chi connectivity index (χ3v) is 5.77. The fourth-order valence-corrected chi connectivity index (χ4v) is 4.47. The lowest BCUT2D eigenvalue weighted by molar-refractivity contribution is 0.419. The Morgan fingerprint density at radius 3 is 2.25 bits per heavy atom. The largest absolute Gasteiger partial charge is 0.496 e. The summed E-state index contributed by atoms with van der Waals surface area (Å²) in [5, 5.41) is 5.27. The van der Waals surface area contributed by atoms with E-state index in [1.807, 2.05) is 0 Å². The van der Waals surface area contributed by atoms with Crippen molar-refractivity contribution in [3.63, 3.8) is 0 Å². The molecule has 0 amide bonds. The van der Waals surface area contributed by atoms with Crippen LogP contribution in [0.3, 0.4) is 0 Å². The molecule has 1 nitrogen and oxygen atoms in total. The zero-order chi connectivity index (χ0) is 13.9. The minimum absolute atomic E-state index is 0.422. The molecule has 0 unspecified atom stereocenters. The first-order valence-corrected chi connectivity index (χ1v) is 8.44. The lowest BCUT2D eigenvalue weighted by Crippen LogP contribution is -2.14. The van der Waals surface area contributed by atoms with Gasteiger partial charge in [0.25, 0.3) is 0 Å². The van der Waals surface area contributed by atoms with E-state index >= 15 is 0 Å². The van der Waals surface area contributed by atoms with E-state index in [1.54, 1.807) is 7.11 Å². The molecule has 0 radical (unpaired) electrons. The minimum Gasteiger partial charge on any atom is -0.496 e. The highest BCUT2D eigenvalue weighted by molar-refractivity contribution is 7.73. The Balaban J connectivity index is 2.23. The summed E-state index contributed by atoms with van der Waals surface area (Å²) in [5.74, 6) is 0.987. The van der Waals surface area contributed by atoms with Gasteiger partial charge in [0, 0.05) is 5.30 Å². The van der Waals surface area contributed by atoms with Crippen LogP contribution in [0.4, 0.5) is 0 Å². The van der Waals surface area contributed by atoms with Crippen molar-refractivity contribution in [2.45, 2.75) is 0 Å². The van der Waals surface area contributed by atoms with E-state index in [1.165, 1.54) is 21.4 Å². The average molecular weight is 280 g/mol. The van der Waals surface area contributed by atoms with Crippen molar-refractivity contribution in [1.82, 2.24) is 0 Å². The molecule has 0 saturated heterocycles. The summed E-state index contributed by atoms with van der Waals surface area (Å²) >= 11 is 0. The van der Waals surface area contributed by atoms with E-state index in [9.17, 15) is 0 Å². The van der Waals surface area contributed by atoms with Gasteiger partial charge < -0.3 is 4.74 Å². The molecule has 0 N–H and O–H groups in total. The molecule has 0 fully saturated rings. The molecular formula is C18H17OP. The predicted octanol–water partition coefficient (Wildman–Crippen LogP) is 3.91. The molecular weight excluding hydrogens is 263 g/mol. The minimum atomic E-state index is -0.422. The number of ether oxygens (including phenoxy) is 1. The molecule has 0 aliphatic rings. The normalized spacial score (nSPS) is 12.3. The highest BCUT2D eigenvalue weighted by Gasteiger charge is 2.16. The number of methoxy groups -OCH3 is 1. The van der Waals surface area contributed by atoms with Crippen LogP contribution in [0.1, 0.15) is 0 Å². The van der Waals surface area contributed by atoms with Crippen molar-refractivity contribution in [3.05, 3.63) is 66.7 Å². The predicted molar refractivity (Wildman–Crippen MR) is 89.1 cm³/mol. The summed E-state index contributed by atoms with van der Waals surface area (Å²) in [6.07, 6.45) is 0. The van der Waals surface area contributed by atoms with Crippen LogP contribution in [0.25, 0.3) is 10.8 Å². The monoisotopic (exact) mass is 280 g/mol. The Kier molecular flexibility index (Phi) is 3.71. The molecule has 0 saturated carbocycles. The second kappa shape index (κ2) is 5.64. The first-order chi connectivity index (χ1) is 9.81. The van der Waals surface area contributed by atoms with E-state index in [4.69, 9.17) is 4.74 Å². The van der Waals surface area contributed by atoms with Gasteiger partial charge in [-0.15, -0.1) is 0 Å². The van der Waals surface area contributed by atoms with Gasteiger partial charge in [0.2, 0.25) is 0 Å². The third-order valence-electron chi connectivity index (χ3n) is 3.56. The van der Waals surface area contributed by atoms with Gasteiger partial charge in [-0.3, -0.25) is 0 Å². The van der Waals surface area contributed by atoms with Gasteiger partial charge in [-0.2, -0.15) is 0 Å². The molecule has 0 aliphatic carbocycles. The molecule has 0 aliphatic heterocycles. The van der Waals surface area contributed by atoms with Crippen molar-refractivity contribution in [2.75, 3.05) is 13.8 Å². The van der Waals surface area contributed by atoms with Crippen molar-refractivity contribution in [1.29, 1.82) is 0 Å². The smallest absolute Gasteiger partial charge is 0.127 e. The summed E-state index contributed by atoms with van der Waals surface area (Å²) in [7, 11) is 1.33. The quantitative estimate of drug-likeness (QED) is 0.661. The highest BCUT2D eigenvalue weighted by Crippen LogP contribution is 2.36. The highest BCUT2D eigenvalue weighted by atomic mass is 31.1. The summed E-state index contributed by atoms with van der Waals surface area (Å²) < 4.78 is 5.61. The number of hydrogen-bond donors (Lipinski definition) is 0. The van der Waals surface area contributed by atoms with Crippen LogP contribution in [0.2, 0.25) is 0 Å². The Labute approximate surface area is 121 Å². The van der Waals surface area contributed by atoms with Crippen LogP contribution in [0.15, 0.2) is 66.7 Å². The molecule has 1 atom stereocenters. The van der Waals surface area contributed by atoms with Crippen molar-refractivity contribution in [2.24, 2.45) is 0 Å². The average Bonchev–Trinajstić information content (AvgIpc) is 2.54. The Morgan fingerprint density at radius 2 is 1.50 bits per heavy atom. The fourth-order valence-electron chi connectivity index (χ4n) is 2.53.